The summed E-state index contributed by atoms with van der Waals surface area (Å²) < 4.78 is 0. The second-order valence-electron chi connectivity index (χ2n) is 3.71. The van der Waals surface area contributed by atoms with Gasteiger partial charge in [-0.3, -0.25) is 4.79 Å². The first-order chi connectivity index (χ1) is 5.90. The monoisotopic (exact) mass is 188 g/mol. The fourth-order valence-electron chi connectivity index (χ4n) is 0.984. The molecule has 0 rings (SSSR count). The number of aliphatic hydroxyl groups is 1. The maximum Gasteiger partial charge on any atom is 0.239 e. The van der Waals surface area contributed by atoms with Crippen LogP contribution in [-0.2, 0) is 4.79 Å². The van der Waals surface area contributed by atoms with Crippen LogP contribution in [0.3, 0.4) is 0 Å². The van der Waals surface area contributed by atoms with Crippen LogP contribution in [0.25, 0.3) is 0 Å². The highest BCUT2D eigenvalue weighted by Gasteiger charge is 2.25. The van der Waals surface area contributed by atoms with E-state index in [1.165, 1.54) is 0 Å². The van der Waals surface area contributed by atoms with Gasteiger partial charge in [-0.1, -0.05) is 6.92 Å². The first kappa shape index (κ1) is 12.4. The first-order valence-electron chi connectivity index (χ1n) is 4.61. The number of likely N-dealkylation sites (N-methyl/N-ethyl adjacent to an activating group) is 1. The molecule has 0 heterocycles. The SMILES string of the molecule is CCNC(C)(C)C(=O)NCC(C)O. The van der Waals surface area contributed by atoms with Gasteiger partial charge in [0.25, 0.3) is 0 Å². The molecule has 0 saturated carbocycles. The zero-order chi connectivity index (χ0) is 10.5. The molecule has 0 aliphatic rings. The van der Waals surface area contributed by atoms with Crippen molar-refractivity contribution in [3.8, 4) is 0 Å². The number of carbonyl (C=O) groups is 1. The summed E-state index contributed by atoms with van der Waals surface area (Å²) in [6.45, 7) is 8.26. The Hall–Kier alpha value is -0.610. The van der Waals surface area contributed by atoms with E-state index in [9.17, 15) is 4.79 Å². The smallest absolute Gasteiger partial charge is 0.239 e. The molecular weight excluding hydrogens is 168 g/mol. The van der Waals surface area contributed by atoms with Gasteiger partial charge in [0.1, 0.15) is 0 Å². The molecular formula is C9H20N2O2. The first-order valence-corrected chi connectivity index (χ1v) is 4.61. The van der Waals surface area contributed by atoms with Gasteiger partial charge in [-0.25, -0.2) is 0 Å². The third-order valence-corrected chi connectivity index (χ3v) is 1.74. The van der Waals surface area contributed by atoms with Gasteiger partial charge in [0, 0.05) is 6.54 Å². The maximum atomic E-state index is 11.5. The Labute approximate surface area is 79.7 Å². The Kier molecular flexibility index (Phi) is 4.95. The zero-order valence-electron chi connectivity index (χ0n) is 8.85. The largest absolute Gasteiger partial charge is 0.392 e. The number of carbonyl (C=O) groups excluding carboxylic acids is 1. The molecule has 0 aromatic heterocycles. The topological polar surface area (TPSA) is 61.4 Å². The fraction of sp³-hybridized carbons (Fsp3) is 0.889. The van der Waals surface area contributed by atoms with E-state index in [0.717, 1.165) is 6.54 Å². The van der Waals surface area contributed by atoms with E-state index < -0.39 is 11.6 Å². The predicted molar refractivity (Wildman–Crippen MR) is 52.4 cm³/mol. The van der Waals surface area contributed by atoms with Gasteiger partial charge >= 0.3 is 0 Å². The minimum atomic E-state index is -0.566. The molecule has 0 aliphatic heterocycles. The second kappa shape index (κ2) is 5.19. The number of hydrogen-bond donors (Lipinski definition) is 3. The Bertz CT molecular complexity index is 167. The molecule has 4 nitrogen and oxygen atoms in total. The van der Waals surface area contributed by atoms with Crippen LogP contribution in [-0.4, -0.2) is 35.7 Å². The van der Waals surface area contributed by atoms with Gasteiger partial charge in [-0.05, 0) is 27.3 Å². The molecule has 0 aliphatic carbocycles. The zero-order valence-corrected chi connectivity index (χ0v) is 8.85. The maximum absolute atomic E-state index is 11.5. The van der Waals surface area contributed by atoms with Crippen LogP contribution < -0.4 is 10.6 Å². The van der Waals surface area contributed by atoms with Crippen LogP contribution in [0.4, 0.5) is 0 Å². The summed E-state index contributed by atoms with van der Waals surface area (Å²) in [6.07, 6.45) is -0.499. The van der Waals surface area contributed by atoms with Crippen molar-refractivity contribution in [2.24, 2.45) is 0 Å². The molecule has 1 atom stereocenters. The lowest BCUT2D eigenvalue weighted by Gasteiger charge is -2.24. The lowest BCUT2D eigenvalue weighted by atomic mass is 10.0. The van der Waals surface area contributed by atoms with Crippen LogP contribution in [0, 0.1) is 0 Å². The molecule has 0 radical (unpaired) electrons. The van der Waals surface area contributed by atoms with Gasteiger partial charge in [0.2, 0.25) is 5.91 Å². The third kappa shape index (κ3) is 4.85. The molecule has 0 spiro atoms. The van der Waals surface area contributed by atoms with Crippen LogP contribution in [0.15, 0.2) is 0 Å². The van der Waals surface area contributed by atoms with Crippen molar-refractivity contribution in [2.75, 3.05) is 13.1 Å². The van der Waals surface area contributed by atoms with Gasteiger partial charge in [0.15, 0.2) is 0 Å². The van der Waals surface area contributed by atoms with Crippen molar-refractivity contribution in [1.82, 2.24) is 10.6 Å². The molecule has 1 amide bonds. The Balaban J connectivity index is 3.94. The van der Waals surface area contributed by atoms with Crippen molar-refractivity contribution < 1.29 is 9.90 Å². The molecule has 13 heavy (non-hydrogen) atoms. The van der Waals surface area contributed by atoms with Gasteiger partial charge in [-0.2, -0.15) is 0 Å². The number of aliphatic hydroxyl groups excluding tert-OH is 1. The van der Waals surface area contributed by atoms with E-state index in [4.69, 9.17) is 5.11 Å². The summed E-state index contributed by atoms with van der Waals surface area (Å²) in [5, 5.41) is 14.7. The molecule has 78 valence electrons. The molecule has 0 aromatic rings. The third-order valence-electron chi connectivity index (χ3n) is 1.74. The summed E-state index contributed by atoms with van der Waals surface area (Å²) in [6, 6.07) is 0. The van der Waals surface area contributed by atoms with Gasteiger partial charge in [0.05, 0.1) is 11.6 Å². The summed E-state index contributed by atoms with van der Waals surface area (Å²) in [4.78, 5) is 11.5. The number of rotatable bonds is 5. The lowest BCUT2D eigenvalue weighted by Crippen LogP contribution is -2.53. The average Bonchev–Trinajstić information content (AvgIpc) is 1.99. The normalized spacial score (nSPS) is 13.9. The molecule has 0 saturated heterocycles. The standard InChI is InChI=1S/C9H20N2O2/c1-5-11-9(3,4)8(13)10-6-7(2)12/h7,11-12H,5-6H2,1-4H3,(H,10,13). The van der Waals surface area contributed by atoms with E-state index in [2.05, 4.69) is 10.6 Å². The molecule has 3 N–H and O–H groups in total. The van der Waals surface area contributed by atoms with Crippen LogP contribution in [0.5, 0.6) is 0 Å². The van der Waals surface area contributed by atoms with Crippen molar-refractivity contribution >= 4 is 5.91 Å². The van der Waals surface area contributed by atoms with E-state index in [1.807, 2.05) is 20.8 Å². The molecule has 0 bridgehead atoms. The Morgan fingerprint density at radius 3 is 2.46 bits per heavy atom. The highest BCUT2D eigenvalue weighted by atomic mass is 16.3. The predicted octanol–water partition coefficient (Wildman–Crippen LogP) is -0.128. The van der Waals surface area contributed by atoms with Crippen LogP contribution >= 0.6 is 0 Å². The Morgan fingerprint density at radius 1 is 1.54 bits per heavy atom. The molecule has 4 heteroatoms. The van der Waals surface area contributed by atoms with Crippen molar-refractivity contribution in [2.45, 2.75) is 39.3 Å². The fourth-order valence-corrected chi connectivity index (χ4v) is 0.984. The summed E-state index contributed by atoms with van der Waals surface area (Å²) in [5.74, 6) is -0.0877. The highest BCUT2D eigenvalue weighted by molar-refractivity contribution is 5.85. The minimum Gasteiger partial charge on any atom is -0.392 e. The van der Waals surface area contributed by atoms with E-state index >= 15 is 0 Å². The highest BCUT2D eigenvalue weighted by Crippen LogP contribution is 2.00. The van der Waals surface area contributed by atoms with E-state index in [1.54, 1.807) is 6.92 Å². The number of amides is 1. The summed E-state index contributed by atoms with van der Waals surface area (Å²) >= 11 is 0. The minimum absolute atomic E-state index is 0.0877. The van der Waals surface area contributed by atoms with E-state index in [-0.39, 0.29) is 5.91 Å². The van der Waals surface area contributed by atoms with Crippen LogP contribution in [0.1, 0.15) is 27.7 Å². The summed E-state index contributed by atoms with van der Waals surface area (Å²) in [5.41, 5.74) is -0.566. The summed E-state index contributed by atoms with van der Waals surface area (Å²) in [7, 11) is 0. The van der Waals surface area contributed by atoms with E-state index in [0.29, 0.717) is 6.54 Å². The molecule has 0 fully saturated rings. The quantitative estimate of drug-likeness (QED) is 0.563. The van der Waals surface area contributed by atoms with Gasteiger partial charge < -0.3 is 15.7 Å². The number of nitrogens with one attached hydrogen (secondary N) is 2. The van der Waals surface area contributed by atoms with Crippen molar-refractivity contribution in [1.29, 1.82) is 0 Å². The number of hydrogen-bond acceptors (Lipinski definition) is 3. The Morgan fingerprint density at radius 2 is 2.08 bits per heavy atom. The average molecular weight is 188 g/mol. The second-order valence-corrected chi connectivity index (χ2v) is 3.71. The van der Waals surface area contributed by atoms with Crippen molar-refractivity contribution in [3.05, 3.63) is 0 Å². The lowest BCUT2D eigenvalue weighted by molar-refractivity contribution is -0.126. The van der Waals surface area contributed by atoms with Crippen molar-refractivity contribution in [3.63, 3.8) is 0 Å². The van der Waals surface area contributed by atoms with Crippen LogP contribution in [0.2, 0.25) is 0 Å². The molecule has 1 unspecified atom stereocenters. The van der Waals surface area contributed by atoms with Gasteiger partial charge in [-0.15, -0.1) is 0 Å². The molecule has 0 aromatic carbocycles.